The number of thiocarbonyl (C=S) groups is 1. The number of hydrogen-bond donors (Lipinski definition) is 2. The van der Waals surface area contributed by atoms with Gasteiger partial charge in [-0.1, -0.05) is 6.07 Å². The maximum atomic E-state index is 5.29. The summed E-state index contributed by atoms with van der Waals surface area (Å²) in [4.78, 5) is 4.01. The van der Waals surface area contributed by atoms with Crippen LogP contribution in [-0.4, -0.2) is 21.2 Å². The van der Waals surface area contributed by atoms with Crippen LogP contribution in [0.4, 0.5) is 5.69 Å². The number of aryl methyl sites for hydroxylation is 3. The van der Waals surface area contributed by atoms with Gasteiger partial charge in [0.25, 0.3) is 0 Å². The second-order valence-corrected chi connectivity index (χ2v) is 5.32. The van der Waals surface area contributed by atoms with Gasteiger partial charge in [0.1, 0.15) is 0 Å². The standard InChI is InChI=1S/C15H20N4S/c1-12-8-13(2)10-14(9-12)18-15(20)17-4-3-6-19-7-5-16-11-19/h5,7-11H,3-4,6H2,1-2H3,(H2,17,18,20). The van der Waals surface area contributed by atoms with Gasteiger partial charge in [0.15, 0.2) is 5.11 Å². The van der Waals surface area contributed by atoms with Crippen molar-refractivity contribution in [1.29, 1.82) is 0 Å². The molecule has 0 fully saturated rings. The Hall–Kier alpha value is -1.88. The maximum absolute atomic E-state index is 5.29. The Bertz CT molecular complexity index is 543. The van der Waals surface area contributed by atoms with Crippen LogP contribution < -0.4 is 10.6 Å². The van der Waals surface area contributed by atoms with Crippen LogP contribution in [0.25, 0.3) is 0 Å². The Morgan fingerprint density at radius 2 is 2.00 bits per heavy atom. The van der Waals surface area contributed by atoms with E-state index in [1.807, 2.05) is 12.5 Å². The molecule has 2 N–H and O–H groups in total. The van der Waals surface area contributed by atoms with E-state index in [1.54, 1.807) is 6.20 Å². The molecule has 5 heteroatoms. The molecule has 0 amide bonds. The fourth-order valence-electron chi connectivity index (χ4n) is 2.10. The summed E-state index contributed by atoms with van der Waals surface area (Å²) in [5, 5.41) is 7.10. The molecular weight excluding hydrogens is 268 g/mol. The molecule has 0 aliphatic heterocycles. The summed E-state index contributed by atoms with van der Waals surface area (Å²) < 4.78 is 2.06. The maximum Gasteiger partial charge on any atom is 0.170 e. The van der Waals surface area contributed by atoms with E-state index >= 15 is 0 Å². The summed E-state index contributed by atoms with van der Waals surface area (Å²) in [6.07, 6.45) is 6.59. The molecule has 1 heterocycles. The molecule has 106 valence electrons. The Morgan fingerprint density at radius 3 is 2.65 bits per heavy atom. The third kappa shape index (κ3) is 4.66. The number of rotatable bonds is 5. The fraction of sp³-hybridized carbons (Fsp3) is 0.333. The first-order valence-electron chi connectivity index (χ1n) is 6.72. The van der Waals surface area contributed by atoms with Crippen molar-refractivity contribution >= 4 is 23.0 Å². The van der Waals surface area contributed by atoms with E-state index in [1.165, 1.54) is 11.1 Å². The van der Waals surface area contributed by atoms with Gasteiger partial charge in [0.2, 0.25) is 0 Å². The summed E-state index contributed by atoms with van der Waals surface area (Å²) in [5.74, 6) is 0. The number of nitrogens with one attached hydrogen (secondary N) is 2. The van der Waals surface area contributed by atoms with Gasteiger partial charge in [-0.05, 0) is 55.7 Å². The van der Waals surface area contributed by atoms with Crippen LogP contribution in [0.2, 0.25) is 0 Å². The summed E-state index contributed by atoms with van der Waals surface area (Å²) >= 11 is 5.29. The first-order valence-corrected chi connectivity index (χ1v) is 7.13. The molecule has 0 unspecified atom stereocenters. The van der Waals surface area contributed by atoms with Crippen molar-refractivity contribution in [2.75, 3.05) is 11.9 Å². The smallest absolute Gasteiger partial charge is 0.170 e. The molecule has 0 aliphatic carbocycles. The van der Waals surface area contributed by atoms with E-state index in [-0.39, 0.29) is 0 Å². The number of hydrogen-bond acceptors (Lipinski definition) is 2. The first kappa shape index (κ1) is 14.5. The van der Waals surface area contributed by atoms with Crippen LogP contribution in [0.15, 0.2) is 36.9 Å². The normalized spacial score (nSPS) is 10.3. The topological polar surface area (TPSA) is 41.9 Å². The van der Waals surface area contributed by atoms with Crippen molar-refractivity contribution in [3.63, 3.8) is 0 Å². The van der Waals surface area contributed by atoms with Crippen LogP contribution in [-0.2, 0) is 6.54 Å². The summed E-state index contributed by atoms with van der Waals surface area (Å²) in [6.45, 7) is 5.95. The molecule has 20 heavy (non-hydrogen) atoms. The molecule has 0 saturated carbocycles. The molecule has 0 aliphatic rings. The van der Waals surface area contributed by atoms with Crippen LogP contribution in [0.3, 0.4) is 0 Å². The van der Waals surface area contributed by atoms with Crippen molar-refractivity contribution in [2.24, 2.45) is 0 Å². The lowest BCUT2D eigenvalue weighted by Gasteiger charge is -2.12. The number of benzene rings is 1. The number of anilines is 1. The molecular formula is C15H20N4S. The molecule has 4 nitrogen and oxygen atoms in total. The molecule has 0 saturated heterocycles. The zero-order valence-electron chi connectivity index (χ0n) is 11.9. The molecule has 1 aromatic heterocycles. The SMILES string of the molecule is Cc1cc(C)cc(NC(=S)NCCCn2ccnc2)c1. The van der Waals surface area contributed by atoms with E-state index in [9.17, 15) is 0 Å². The quantitative estimate of drug-likeness (QED) is 0.656. The Kier molecular flexibility index (Phi) is 5.12. The lowest BCUT2D eigenvalue weighted by molar-refractivity contribution is 0.632. The predicted molar refractivity (Wildman–Crippen MR) is 87.0 cm³/mol. The van der Waals surface area contributed by atoms with Gasteiger partial charge >= 0.3 is 0 Å². The van der Waals surface area contributed by atoms with Crippen molar-refractivity contribution in [3.05, 3.63) is 48.0 Å². The summed E-state index contributed by atoms with van der Waals surface area (Å²) in [5.41, 5.74) is 3.50. The van der Waals surface area contributed by atoms with Crippen LogP contribution in [0, 0.1) is 13.8 Å². The minimum absolute atomic E-state index is 0.667. The van der Waals surface area contributed by atoms with Crippen molar-refractivity contribution < 1.29 is 0 Å². The molecule has 0 radical (unpaired) electrons. The van der Waals surface area contributed by atoms with Gasteiger partial charge in [-0.25, -0.2) is 4.98 Å². The Morgan fingerprint density at radius 1 is 1.25 bits per heavy atom. The Balaban J connectivity index is 1.72. The summed E-state index contributed by atoms with van der Waals surface area (Å²) in [7, 11) is 0. The van der Waals surface area contributed by atoms with Gasteiger partial charge in [0, 0.05) is 31.2 Å². The molecule has 1 aromatic carbocycles. The lowest BCUT2D eigenvalue weighted by atomic mass is 10.1. The van der Waals surface area contributed by atoms with Crippen molar-refractivity contribution in [3.8, 4) is 0 Å². The lowest BCUT2D eigenvalue weighted by Crippen LogP contribution is -2.29. The van der Waals surface area contributed by atoms with Gasteiger partial charge in [0.05, 0.1) is 6.33 Å². The summed E-state index contributed by atoms with van der Waals surface area (Å²) in [6, 6.07) is 6.33. The van der Waals surface area contributed by atoms with E-state index in [0.717, 1.165) is 25.2 Å². The van der Waals surface area contributed by atoms with E-state index in [0.29, 0.717) is 5.11 Å². The number of aromatic nitrogens is 2. The predicted octanol–water partition coefficient (Wildman–Crippen LogP) is 2.88. The minimum Gasteiger partial charge on any atom is -0.362 e. The highest BCUT2D eigenvalue weighted by Crippen LogP contribution is 2.13. The van der Waals surface area contributed by atoms with E-state index in [4.69, 9.17) is 12.2 Å². The Labute approximate surface area is 125 Å². The van der Waals surface area contributed by atoms with E-state index < -0.39 is 0 Å². The second kappa shape index (κ2) is 7.05. The zero-order valence-corrected chi connectivity index (χ0v) is 12.7. The van der Waals surface area contributed by atoms with Gasteiger partial charge in [-0.2, -0.15) is 0 Å². The molecule has 0 bridgehead atoms. The third-order valence-electron chi connectivity index (χ3n) is 2.92. The van der Waals surface area contributed by atoms with Gasteiger partial charge in [-0.15, -0.1) is 0 Å². The number of imidazole rings is 1. The van der Waals surface area contributed by atoms with Crippen LogP contribution >= 0.6 is 12.2 Å². The van der Waals surface area contributed by atoms with Gasteiger partial charge < -0.3 is 15.2 Å². The van der Waals surface area contributed by atoms with Crippen LogP contribution in [0.1, 0.15) is 17.5 Å². The molecule has 0 spiro atoms. The highest BCUT2D eigenvalue weighted by Gasteiger charge is 1.99. The highest BCUT2D eigenvalue weighted by atomic mass is 32.1. The zero-order chi connectivity index (χ0) is 14.4. The van der Waals surface area contributed by atoms with E-state index in [2.05, 4.69) is 52.2 Å². The monoisotopic (exact) mass is 288 g/mol. The van der Waals surface area contributed by atoms with Crippen molar-refractivity contribution in [2.45, 2.75) is 26.8 Å². The molecule has 0 atom stereocenters. The van der Waals surface area contributed by atoms with Gasteiger partial charge in [-0.3, -0.25) is 0 Å². The number of nitrogens with zero attached hydrogens (tertiary/aromatic N) is 2. The van der Waals surface area contributed by atoms with Crippen molar-refractivity contribution in [1.82, 2.24) is 14.9 Å². The fourth-order valence-corrected chi connectivity index (χ4v) is 2.32. The minimum atomic E-state index is 0.667. The second-order valence-electron chi connectivity index (χ2n) is 4.91. The third-order valence-corrected chi connectivity index (χ3v) is 3.16. The first-order chi connectivity index (χ1) is 9.63. The average molecular weight is 288 g/mol. The van der Waals surface area contributed by atoms with Crippen LogP contribution in [0.5, 0.6) is 0 Å². The largest absolute Gasteiger partial charge is 0.362 e. The highest BCUT2D eigenvalue weighted by molar-refractivity contribution is 7.80. The molecule has 2 aromatic rings. The average Bonchev–Trinajstić information content (AvgIpc) is 2.86. The molecule has 2 rings (SSSR count).